The van der Waals surface area contributed by atoms with E-state index in [0.29, 0.717) is 35.4 Å². The zero-order chi connectivity index (χ0) is 32.8. The maximum Gasteiger partial charge on any atom is 0.254 e. The van der Waals surface area contributed by atoms with Gasteiger partial charge in [0.25, 0.3) is 11.8 Å². The fourth-order valence-electron chi connectivity index (χ4n) is 5.32. The first-order valence-corrected chi connectivity index (χ1v) is 16.6. The predicted molar refractivity (Wildman–Crippen MR) is 178 cm³/mol. The number of thioether (sulfide) groups is 1. The van der Waals surface area contributed by atoms with E-state index in [4.69, 9.17) is 14.6 Å². The van der Waals surface area contributed by atoms with Crippen LogP contribution in [0.1, 0.15) is 44.6 Å². The number of para-hydroxylation sites is 1. The van der Waals surface area contributed by atoms with Crippen LogP contribution in [0.15, 0.2) is 101 Å². The molecule has 47 heavy (non-hydrogen) atoms. The van der Waals surface area contributed by atoms with E-state index in [0.717, 1.165) is 21.7 Å². The van der Waals surface area contributed by atoms with Crippen molar-refractivity contribution in [3.05, 3.63) is 124 Å². The molecule has 240 valence electrons. The smallest absolute Gasteiger partial charge is 0.254 e. The Labute approximate surface area is 279 Å². The number of amides is 2. The largest absolute Gasteiger partial charge is 0.493 e. The first-order chi connectivity index (χ1) is 23.0. The summed E-state index contributed by atoms with van der Waals surface area (Å²) in [6, 6.07) is 24.7. The minimum Gasteiger partial charge on any atom is -0.493 e. The maximum absolute atomic E-state index is 14.2. The second kappa shape index (κ2) is 14.6. The molecule has 13 heteroatoms. The number of ether oxygens (including phenoxy) is 2. The highest BCUT2D eigenvalue weighted by Crippen LogP contribution is 2.42. The average Bonchev–Trinajstić information content (AvgIpc) is 3.87. The monoisotopic (exact) mass is 670 g/mol. The number of hydrazone groups is 1. The van der Waals surface area contributed by atoms with Gasteiger partial charge in [0.1, 0.15) is 5.82 Å². The molecule has 5 aromatic rings. The number of thiophene rings is 1. The zero-order valence-electron chi connectivity index (χ0n) is 25.6. The molecule has 0 spiro atoms. The zero-order valence-corrected chi connectivity index (χ0v) is 27.3. The lowest BCUT2D eigenvalue weighted by molar-refractivity contribution is -0.130. The van der Waals surface area contributed by atoms with Gasteiger partial charge in [0.15, 0.2) is 22.5 Å². The lowest BCUT2D eigenvalue weighted by atomic mass is 9.99. The SMILES string of the molecule is COc1cccc(C2CC(c3cccs3)=NN2C(=O)CSc2nnc(CNC(=O)c3ccccc3F)n2Cc2ccccc2)c1OC. The number of hydrogen-bond donors (Lipinski definition) is 1. The summed E-state index contributed by atoms with van der Waals surface area (Å²) >= 11 is 2.80. The Kier molecular flexibility index (Phi) is 9.93. The van der Waals surface area contributed by atoms with E-state index in [1.165, 1.54) is 35.0 Å². The second-order valence-corrected chi connectivity index (χ2v) is 12.4. The number of halogens is 1. The van der Waals surface area contributed by atoms with Gasteiger partial charge in [-0.15, -0.1) is 21.5 Å². The highest BCUT2D eigenvalue weighted by atomic mass is 32.2. The van der Waals surface area contributed by atoms with Gasteiger partial charge in [-0.05, 0) is 35.2 Å². The minimum absolute atomic E-state index is 0.0137. The molecule has 3 heterocycles. The van der Waals surface area contributed by atoms with Gasteiger partial charge in [-0.3, -0.25) is 9.59 Å². The highest BCUT2D eigenvalue weighted by molar-refractivity contribution is 7.99. The van der Waals surface area contributed by atoms with Gasteiger partial charge < -0.3 is 19.4 Å². The summed E-state index contributed by atoms with van der Waals surface area (Å²) in [7, 11) is 3.16. The second-order valence-electron chi connectivity index (χ2n) is 10.5. The Hall–Kier alpha value is -5.01. The van der Waals surface area contributed by atoms with Crippen LogP contribution in [-0.2, 0) is 17.9 Å². The predicted octanol–water partition coefficient (Wildman–Crippen LogP) is 5.94. The summed E-state index contributed by atoms with van der Waals surface area (Å²) in [5, 5.41) is 20.2. The Balaban J connectivity index is 1.24. The third kappa shape index (κ3) is 7.05. The van der Waals surface area contributed by atoms with Crippen LogP contribution >= 0.6 is 23.1 Å². The van der Waals surface area contributed by atoms with E-state index in [-0.39, 0.29) is 23.8 Å². The normalized spacial score (nSPS) is 14.1. The Morgan fingerprint density at radius 1 is 0.979 bits per heavy atom. The summed E-state index contributed by atoms with van der Waals surface area (Å²) in [5.41, 5.74) is 2.53. The van der Waals surface area contributed by atoms with E-state index in [1.54, 1.807) is 31.6 Å². The van der Waals surface area contributed by atoms with E-state index < -0.39 is 17.8 Å². The van der Waals surface area contributed by atoms with Crippen LogP contribution in [0.4, 0.5) is 4.39 Å². The molecule has 2 amide bonds. The number of rotatable bonds is 12. The number of carbonyl (C=O) groups excluding carboxylic acids is 2. The number of benzene rings is 3. The molecular weight excluding hydrogens is 640 g/mol. The number of methoxy groups -OCH3 is 2. The fourth-order valence-corrected chi connectivity index (χ4v) is 6.85. The van der Waals surface area contributed by atoms with Crippen molar-refractivity contribution in [1.29, 1.82) is 0 Å². The summed E-state index contributed by atoms with van der Waals surface area (Å²) < 4.78 is 27.3. The topological polar surface area (TPSA) is 111 Å². The fraction of sp³-hybridized carbons (Fsp3) is 0.206. The quantitative estimate of drug-likeness (QED) is 0.164. The molecule has 1 aliphatic heterocycles. The van der Waals surface area contributed by atoms with Crippen LogP contribution in [0.2, 0.25) is 0 Å². The van der Waals surface area contributed by atoms with Gasteiger partial charge in [0, 0.05) is 12.0 Å². The van der Waals surface area contributed by atoms with E-state index in [1.807, 2.05) is 70.6 Å². The highest BCUT2D eigenvalue weighted by Gasteiger charge is 2.36. The molecule has 0 fully saturated rings. The molecule has 1 aliphatic rings. The van der Waals surface area contributed by atoms with Gasteiger partial charge in [-0.2, -0.15) is 5.10 Å². The molecule has 1 N–H and O–H groups in total. The lowest BCUT2D eigenvalue weighted by Crippen LogP contribution is -2.29. The number of carbonyl (C=O) groups is 2. The summed E-state index contributed by atoms with van der Waals surface area (Å²) in [6.07, 6.45) is 0.510. The molecule has 0 saturated heterocycles. The summed E-state index contributed by atoms with van der Waals surface area (Å²) in [4.78, 5) is 27.7. The van der Waals surface area contributed by atoms with Crippen molar-refractivity contribution in [2.75, 3.05) is 20.0 Å². The average molecular weight is 671 g/mol. The molecule has 3 aromatic carbocycles. The standard InChI is InChI=1S/C34H31FN6O4S2/c1-44-28-15-8-13-24(32(28)45-2)27-18-26(29-16-9-17-46-29)39-41(27)31(42)21-47-34-38-37-30(40(34)20-22-10-4-3-5-11-22)19-36-33(43)23-12-6-7-14-25(23)35/h3-17,27H,18-21H2,1-2H3,(H,36,43). The van der Waals surface area contributed by atoms with Gasteiger partial charge in [0.05, 0.1) is 55.3 Å². The molecule has 0 saturated carbocycles. The van der Waals surface area contributed by atoms with E-state index in [9.17, 15) is 14.0 Å². The Morgan fingerprint density at radius 3 is 2.53 bits per heavy atom. The first kappa shape index (κ1) is 32.0. The molecule has 1 atom stereocenters. The van der Waals surface area contributed by atoms with Crippen molar-refractivity contribution in [3.63, 3.8) is 0 Å². The lowest BCUT2D eigenvalue weighted by Gasteiger charge is -2.24. The maximum atomic E-state index is 14.2. The van der Waals surface area contributed by atoms with Gasteiger partial charge >= 0.3 is 0 Å². The number of hydrogen-bond acceptors (Lipinski definition) is 9. The molecular formula is C34H31FN6O4S2. The summed E-state index contributed by atoms with van der Waals surface area (Å²) in [6.45, 7) is 0.420. The minimum atomic E-state index is -0.609. The molecule has 10 nitrogen and oxygen atoms in total. The van der Waals surface area contributed by atoms with Crippen molar-refractivity contribution >= 4 is 40.6 Å². The van der Waals surface area contributed by atoms with Gasteiger partial charge in [-0.1, -0.05) is 72.4 Å². The van der Waals surface area contributed by atoms with Crippen molar-refractivity contribution in [2.24, 2.45) is 5.10 Å². The van der Waals surface area contributed by atoms with Crippen LogP contribution in [0, 0.1) is 5.82 Å². The molecule has 2 aromatic heterocycles. The summed E-state index contributed by atoms with van der Waals surface area (Å²) in [5.74, 6) is 0.222. The first-order valence-electron chi connectivity index (χ1n) is 14.7. The van der Waals surface area contributed by atoms with Gasteiger partial charge in [-0.25, -0.2) is 9.40 Å². The number of aromatic nitrogens is 3. The third-order valence-corrected chi connectivity index (χ3v) is 9.46. The van der Waals surface area contributed by atoms with Crippen LogP contribution in [0.25, 0.3) is 0 Å². The van der Waals surface area contributed by atoms with Crippen LogP contribution in [0.5, 0.6) is 11.5 Å². The van der Waals surface area contributed by atoms with Crippen molar-refractivity contribution in [3.8, 4) is 11.5 Å². The van der Waals surface area contributed by atoms with Gasteiger partial charge in [0.2, 0.25) is 0 Å². The van der Waals surface area contributed by atoms with E-state index >= 15 is 0 Å². The third-order valence-electron chi connectivity index (χ3n) is 7.59. The Morgan fingerprint density at radius 2 is 1.79 bits per heavy atom. The molecule has 6 rings (SSSR count). The molecule has 0 aliphatic carbocycles. The molecule has 0 bridgehead atoms. The van der Waals surface area contributed by atoms with Crippen LogP contribution < -0.4 is 14.8 Å². The van der Waals surface area contributed by atoms with Crippen molar-refractivity contribution in [1.82, 2.24) is 25.1 Å². The van der Waals surface area contributed by atoms with E-state index in [2.05, 4.69) is 15.5 Å². The van der Waals surface area contributed by atoms with Crippen LogP contribution in [0.3, 0.4) is 0 Å². The Bertz CT molecular complexity index is 1900. The number of nitrogens with zero attached hydrogens (tertiary/aromatic N) is 5. The van der Waals surface area contributed by atoms with Crippen molar-refractivity contribution < 1.29 is 23.5 Å². The number of nitrogens with one attached hydrogen (secondary N) is 1. The molecule has 1 unspecified atom stereocenters. The van der Waals surface area contributed by atoms with Crippen molar-refractivity contribution in [2.45, 2.75) is 30.7 Å². The molecule has 0 radical (unpaired) electrons. The van der Waals surface area contributed by atoms with Crippen LogP contribution in [-0.4, -0.2) is 57.3 Å².